The van der Waals surface area contributed by atoms with Crippen LogP contribution in [0.2, 0.25) is 0 Å². The van der Waals surface area contributed by atoms with Crippen molar-refractivity contribution in [2.24, 2.45) is 22.2 Å². The SMILES string of the molecule is CSCC[C@H](NC(=O)[C@H](Cc1ccccc1)NC(=O)CNC(=O)CNC(=O)[C@@H](N)Cc1ccc(OP(=O)(O)O)cc1)C(=O)N[C@@H](CCCN=C(N)N)C(=O)N[C@@H](Cc1ccccc1)C(=O)O. The van der Waals surface area contributed by atoms with Crippen molar-refractivity contribution in [3.05, 3.63) is 102 Å². The van der Waals surface area contributed by atoms with Crippen molar-refractivity contribution in [1.82, 2.24) is 31.9 Å². The molecule has 0 spiro atoms. The second-order valence-electron chi connectivity index (χ2n) is 14.8. The molecule has 0 aliphatic rings. The Labute approximate surface area is 385 Å². The number of nitrogens with two attached hydrogens (primary N) is 3. The normalized spacial score (nSPS) is 13.3. The Morgan fingerprint density at radius 3 is 1.68 bits per heavy atom. The van der Waals surface area contributed by atoms with Crippen LogP contribution in [0.1, 0.15) is 36.0 Å². The summed E-state index contributed by atoms with van der Waals surface area (Å²) in [5.41, 5.74) is 18.7. The summed E-state index contributed by atoms with van der Waals surface area (Å²) in [6.45, 7) is -1.05. The molecular weight excluding hydrogens is 900 g/mol. The van der Waals surface area contributed by atoms with E-state index in [4.69, 9.17) is 27.0 Å². The average molecular weight is 957 g/mol. The monoisotopic (exact) mass is 956 g/mol. The molecular formula is C42H57N10O12PS. The number of benzene rings is 3. The number of rotatable bonds is 28. The van der Waals surface area contributed by atoms with Crippen LogP contribution in [0.5, 0.6) is 5.75 Å². The van der Waals surface area contributed by atoms with Gasteiger partial charge in [0.1, 0.15) is 29.9 Å². The van der Waals surface area contributed by atoms with Crippen LogP contribution >= 0.6 is 19.6 Å². The number of carboxylic acid groups (broad SMARTS) is 1. The van der Waals surface area contributed by atoms with Crippen LogP contribution in [0.25, 0.3) is 0 Å². The van der Waals surface area contributed by atoms with Crippen LogP contribution in [-0.4, -0.2) is 124 Å². The van der Waals surface area contributed by atoms with E-state index < -0.39 is 92.5 Å². The summed E-state index contributed by atoms with van der Waals surface area (Å²) in [7, 11) is -4.75. The zero-order chi connectivity index (χ0) is 48.6. The van der Waals surface area contributed by atoms with Crippen LogP contribution < -0.4 is 53.6 Å². The lowest BCUT2D eigenvalue weighted by Gasteiger charge is -2.26. The summed E-state index contributed by atoms with van der Waals surface area (Å²) in [4.78, 5) is 114. The molecule has 3 rings (SSSR count). The van der Waals surface area contributed by atoms with Gasteiger partial charge in [0.15, 0.2) is 5.96 Å². The second-order valence-corrected chi connectivity index (χ2v) is 16.9. The second kappa shape index (κ2) is 27.7. The van der Waals surface area contributed by atoms with Gasteiger partial charge in [-0.15, -0.1) is 0 Å². The first-order valence-electron chi connectivity index (χ1n) is 20.5. The van der Waals surface area contributed by atoms with E-state index in [1.54, 1.807) is 66.9 Å². The van der Waals surface area contributed by atoms with E-state index in [1.807, 2.05) is 0 Å². The first kappa shape index (κ1) is 53.8. The maximum absolute atomic E-state index is 14.0. The maximum Gasteiger partial charge on any atom is 0.524 e. The van der Waals surface area contributed by atoms with Crippen LogP contribution in [0, 0.1) is 0 Å². The van der Waals surface area contributed by atoms with Crippen molar-refractivity contribution < 1.29 is 57.5 Å². The fraction of sp³-hybridized carbons (Fsp3) is 0.381. The number of guanidine groups is 1. The average Bonchev–Trinajstić information content (AvgIpc) is 3.27. The van der Waals surface area contributed by atoms with Crippen LogP contribution in [0.15, 0.2) is 89.9 Å². The molecule has 3 aromatic rings. The number of carbonyl (C=O) groups is 7. The molecule has 0 aromatic heterocycles. The van der Waals surface area contributed by atoms with Gasteiger partial charge in [0.05, 0.1) is 19.1 Å². The van der Waals surface area contributed by atoms with Crippen LogP contribution in [-0.2, 0) is 57.4 Å². The molecule has 0 bridgehead atoms. The summed E-state index contributed by atoms with van der Waals surface area (Å²) in [5, 5.41) is 25.1. The number of phosphoric ester groups is 1. The molecule has 0 aliphatic carbocycles. The molecule has 0 fully saturated rings. The van der Waals surface area contributed by atoms with Crippen LogP contribution in [0.4, 0.5) is 0 Å². The van der Waals surface area contributed by atoms with Crippen molar-refractivity contribution in [1.29, 1.82) is 0 Å². The number of aliphatic carboxylic acids is 1. The molecule has 0 radical (unpaired) electrons. The van der Waals surface area contributed by atoms with Crippen molar-refractivity contribution in [2.75, 3.05) is 31.6 Å². The minimum Gasteiger partial charge on any atom is -0.480 e. The number of phosphoric acid groups is 1. The molecule has 5 atom stereocenters. The molecule has 0 saturated heterocycles. The third-order valence-corrected chi connectivity index (χ3v) is 10.6. The van der Waals surface area contributed by atoms with Gasteiger partial charge in [-0.25, -0.2) is 9.36 Å². The number of amides is 6. The summed E-state index contributed by atoms with van der Waals surface area (Å²) in [6, 6.07) is 16.6. The van der Waals surface area contributed by atoms with Gasteiger partial charge in [-0.2, -0.15) is 11.8 Å². The Morgan fingerprint density at radius 2 is 1.15 bits per heavy atom. The molecule has 22 nitrogen and oxygen atoms in total. The van der Waals surface area contributed by atoms with Crippen molar-refractivity contribution in [3.63, 3.8) is 0 Å². The number of hydrogen-bond acceptors (Lipinski definition) is 12. The third-order valence-electron chi connectivity index (χ3n) is 9.46. The van der Waals surface area contributed by atoms with E-state index in [1.165, 1.54) is 36.0 Å². The minimum atomic E-state index is -4.75. The fourth-order valence-corrected chi connectivity index (χ4v) is 7.03. The van der Waals surface area contributed by atoms with Crippen molar-refractivity contribution in [2.45, 2.75) is 68.7 Å². The zero-order valence-electron chi connectivity index (χ0n) is 36.1. The summed E-state index contributed by atoms with van der Waals surface area (Å²) < 4.78 is 15.5. The quantitative estimate of drug-likeness (QED) is 0.0172. The number of carbonyl (C=O) groups excluding carboxylic acids is 6. The van der Waals surface area contributed by atoms with E-state index >= 15 is 0 Å². The molecule has 358 valence electrons. The number of aliphatic imine (C=N–C) groups is 1. The van der Waals surface area contributed by atoms with Gasteiger partial charge in [0.2, 0.25) is 35.4 Å². The smallest absolute Gasteiger partial charge is 0.480 e. The molecule has 66 heavy (non-hydrogen) atoms. The van der Waals surface area contributed by atoms with E-state index in [-0.39, 0.29) is 56.8 Å². The van der Waals surface area contributed by atoms with Gasteiger partial charge in [-0.3, -0.25) is 43.5 Å². The van der Waals surface area contributed by atoms with Gasteiger partial charge in [0, 0.05) is 19.4 Å². The highest BCUT2D eigenvalue weighted by atomic mass is 32.2. The maximum atomic E-state index is 14.0. The van der Waals surface area contributed by atoms with Gasteiger partial charge < -0.3 is 58.7 Å². The summed E-state index contributed by atoms with van der Waals surface area (Å²) in [5.74, 6) is -5.70. The first-order valence-corrected chi connectivity index (χ1v) is 23.5. The predicted molar refractivity (Wildman–Crippen MR) is 245 cm³/mol. The highest BCUT2D eigenvalue weighted by molar-refractivity contribution is 7.98. The van der Waals surface area contributed by atoms with Gasteiger partial charge in [-0.05, 0) is 66.5 Å². The minimum absolute atomic E-state index is 0.000514. The standard InChI is InChI=1S/C42H57N10O12PS/c1-66-20-18-32(39(57)50-31(13-8-19-46-42(44)45)38(56)52-34(41(59)60)23-27-11-6-3-7-12-27)51-40(58)33(22-26-9-4-2-5-10-26)49-36(54)25-47-35(53)24-48-37(55)30(43)21-28-14-16-29(17-15-28)64-65(61,62)63/h2-7,9-12,14-17,30-34H,8,13,18-25,43H2,1H3,(H,47,53)(H,48,55)(H,49,54)(H,50,57)(H,51,58)(H,52,56)(H,59,60)(H4,44,45,46)(H2,61,62,63)/t30-,31-,32-,33-,34-/m0/s1. The zero-order valence-corrected chi connectivity index (χ0v) is 37.8. The number of carboxylic acids is 1. The van der Waals surface area contributed by atoms with E-state index in [0.717, 1.165) is 0 Å². The Kier molecular flexibility index (Phi) is 22.6. The summed E-state index contributed by atoms with van der Waals surface area (Å²) >= 11 is 1.39. The Balaban J connectivity index is 1.67. The predicted octanol–water partition coefficient (Wildman–Crippen LogP) is -1.42. The lowest BCUT2D eigenvalue weighted by atomic mass is 10.0. The van der Waals surface area contributed by atoms with Gasteiger partial charge in [0.25, 0.3) is 0 Å². The lowest BCUT2D eigenvalue weighted by Crippen LogP contribution is -2.58. The van der Waals surface area contributed by atoms with Gasteiger partial charge in [-0.1, -0.05) is 72.8 Å². The topological polar surface area (TPSA) is 369 Å². The Bertz CT molecular complexity index is 2160. The number of nitrogens with one attached hydrogen (secondary N) is 6. The molecule has 0 unspecified atom stereocenters. The molecule has 3 aromatic carbocycles. The lowest BCUT2D eigenvalue weighted by molar-refractivity contribution is -0.142. The number of thioether (sulfide) groups is 1. The van der Waals surface area contributed by atoms with Gasteiger partial charge >= 0.3 is 13.8 Å². The Morgan fingerprint density at radius 1 is 0.652 bits per heavy atom. The van der Waals surface area contributed by atoms with E-state index in [2.05, 4.69) is 41.4 Å². The third kappa shape index (κ3) is 21.0. The van der Waals surface area contributed by atoms with Crippen molar-refractivity contribution in [3.8, 4) is 5.75 Å². The molecule has 0 heterocycles. The highest BCUT2D eigenvalue weighted by Crippen LogP contribution is 2.37. The molecule has 0 aliphatic heterocycles. The number of nitrogens with zero attached hydrogens (tertiary/aromatic N) is 1. The Hall–Kier alpha value is -6.52. The fourth-order valence-electron chi connectivity index (χ4n) is 6.16. The molecule has 6 amide bonds. The van der Waals surface area contributed by atoms with Crippen molar-refractivity contribution >= 4 is 67.0 Å². The van der Waals surface area contributed by atoms with E-state index in [9.17, 15) is 43.2 Å². The van der Waals surface area contributed by atoms with E-state index in [0.29, 0.717) is 22.4 Å². The molecule has 15 N–H and O–H groups in total. The first-order chi connectivity index (χ1) is 31.3. The number of hydrogen-bond donors (Lipinski definition) is 12. The summed E-state index contributed by atoms with van der Waals surface area (Å²) in [6.07, 6.45) is 2.07. The molecule has 24 heteroatoms. The van der Waals surface area contributed by atoms with Crippen LogP contribution in [0.3, 0.4) is 0 Å². The highest BCUT2D eigenvalue weighted by Gasteiger charge is 2.31. The molecule has 0 saturated carbocycles. The largest absolute Gasteiger partial charge is 0.524 e.